The van der Waals surface area contributed by atoms with E-state index in [2.05, 4.69) is 20.0 Å². The maximum absolute atomic E-state index is 14.3. The van der Waals surface area contributed by atoms with Gasteiger partial charge in [0.25, 0.3) is 12.3 Å². The lowest BCUT2D eigenvalue weighted by molar-refractivity contribution is -0.221. The van der Waals surface area contributed by atoms with E-state index in [1.54, 1.807) is 43.7 Å². The third-order valence-electron chi connectivity index (χ3n) is 4.57. The summed E-state index contributed by atoms with van der Waals surface area (Å²) in [6, 6.07) is 4.59. The summed E-state index contributed by atoms with van der Waals surface area (Å²) in [5.41, 5.74) is 1.87. The van der Waals surface area contributed by atoms with Crippen LogP contribution in [0, 0.1) is 5.82 Å². The fourth-order valence-electron chi connectivity index (χ4n) is 3.22. The van der Waals surface area contributed by atoms with Gasteiger partial charge in [0.15, 0.2) is 11.5 Å². The first-order valence-electron chi connectivity index (χ1n) is 9.76. The van der Waals surface area contributed by atoms with Crippen LogP contribution in [0.4, 0.5) is 13.2 Å². The van der Waals surface area contributed by atoms with Gasteiger partial charge in [0, 0.05) is 43.4 Å². The number of hydrogen-bond acceptors (Lipinski definition) is 7. The predicted octanol–water partition coefficient (Wildman–Crippen LogP) is 3.49. The number of alkyl halides is 2. The second-order valence-corrected chi connectivity index (χ2v) is 6.75. The average Bonchev–Trinajstić information content (AvgIpc) is 2.79. The molecule has 2 aromatic rings. The molecule has 32 heavy (non-hydrogen) atoms. The zero-order valence-electron chi connectivity index (χ0n) is 17.5. The van der Waals surface area contributed by atoms with E-state index < -0.39 is 36.4 Å². The second-order valence-electron chi connectivity index (χ2n) is 6.75. The number of methoxy groups -OCH3 is 1. The molecular weight excluding hydrogens is 427 g/mol. The van der Waals surface area contributed by atoms with Crippen LogP contribution in [-0.4, -0.2) is 48.6 Å². The number of rotatable bonds is 9. The number of nitrogens with one attached hydrogen (secondary N) is 1. The number of esters is 1. The van der Waals surface area contributed by atoms with Crippen LogP contribution in [-0.2, 0) is 20.6 Å². The number of halogens is 3. The Hall–Kier alpha value is -3.24. The van der Waals surface area contributed by atoms with Gasteiger partial charge in [-0.3, -0.25) is 4.98 Å². The van der Waals surface area contributed by atoms with Crippen LogP contribution >= 0.6 is 0 Å². The van der Waals surface area contributed by atoms with E-state index in [0.29, 0.717) is 22.3 Å². The number of aromatic nitrogens is 2. The molecule has 7 nitrogen and oxygen atoms in total. The molecule has 0 radical (unpaired) electrons. The van der Waals surface area contributed by atoms with Gasteiger partial charge in [-0.05, 0) is 47.9 Å². The van der Waals surface area contributed by atoms with Gasteiger partial charge in [-0.25, -0.2) is 22.9 Å². The highest BCUT2D eigenvalue weighted by Gasteiger charge is 2.39. The van der Waals surface area contributed by atoms with E-state index in [-0.39, 0.29) is 13.0 Å². The van der Waals surface area contributed by atoms with Gasteiger partial charge >= 0.3 is 5.97 Å². The molecule has 1 N–H and O–H groups in total. The molecule has 3 heterocycles. The minimum Gasteiger partial charge on any atom is -0.464 e. The monoisotopic (exact) mass is 449 g/mol. The quantitative estimate of drug-likeness (QED) is 0.464. The smallest absolute Gasteiger partial charge is 0.359 e. The molecule has 0 saturated carbocycles. The zero-order chi connectivity index (χ0) is 23.1. The van der Waals surface area contributed by atoms with E-state index in [9.17, 15) is 18.0 Å². The normalized spacial score (nSPS) is 18.1. The van der Waals surface area contributed by atoms with Crippen LogP contribution in [0.2, 0.25) is 0 Å². The highest BCUT2D eigenvalue weighted by atomic mass is 19.3. The third-order valence-corrected chi connectivity index (χ3v) is 4.57. The molecule has 0 spiro atoms. The van der Waals surface area contributed by atoms with E-state index in [1.165, 1.54) is 12.3 Å². The molecule has 10 heteroatoms. The Morgan fingerprint density at radius 3 is 2.62 bits per heavy atom. The molecule has 0 fully saturated rings. The lowest BCUT2D eigenvalue weighted by atomic mass is 9.95. The van der Waals surface area contributed by atoms with Gasteiger partial charge in [0.1, 0.15) is 6.61 Å². The van der Waals surface area contributed by atoms with Crippen molar-refractivity contribution < 1.29 is 32.2 Å². The van der Waals surface area contributed by atoms with Crippen LogP contribution < -0.4 is 5.32 Å². The lowest BCUT2D eigenvalue weighted by Gasteiger charge is -2.38. The largest absolute Gasteiger partial charge is 0.464 e. The number of nitrogens with zero attached hydrogens (tertiary/aromatic N) is 2. The van der Waals surface area contributed by atoms with Crippen LogP contribution in [0.3, 0.4) is 0 Å². The minimum absolute atomic E-state index is 0.186. The fraction of sp³-hybridized carbons (Fsp3) is 0.318. The molecule has 1 aliphatic heterocycles. The number of allylic oxidation sites excluding steroid dienone is 2. The molecule has 0 bridgehead atoms. The molecular formula is C22H22F3N3O4. The average molecular weight is 449 g/mol. The highest BCUT2D eigenvalue weighted by molar-refractivity contribution is 5.87. The van der Waals surface area contributed by atoms with Gasteiger partial charge in [-0.15, -0.1) is 0 Å². The molecule has 1 atom stereocenters. The molecule has 0 aromatic carbocycles. The van der Waals surface area contributed by atoms with Gasteiger partial charge in [-0.2, -0.15) is 0 Å². The van der Waals surface area contributed by atoms with Crippen molar-refractivity contribution in [3.8, 4) is 0 Å². The van der Waals surface area contributed by atoms with Crippen molar-refractivity contribution in [3.63, 3.8) is 0 Å². The maximum Gasteiger partial charge on any atom is 0.359 e. The Labute approximate surface area is 182 Å². The summed E-state index contributed by atoms with van der Waals surface area (Å²) < 4.78 is 55.8. The maximum atomic E-state index is 14.3. The number of pyridine rings is 2. The van der Waals surface area contributed by atoms with Crippen molar-refractivity contribution in [2.45, 2.75) is 25.7 Å². The van der Waals surface area contributed by atoms with E-state index >= 15 is 0 Å². The van der Waals surface area contributed by atoms with E-state index in [1.807, 2.05) is 0 Å². The van der Waals surface area contributed by atoms with Crippen molar-refractivity contribution in [1.29, 1.82) is 0 Å². The Morgan fingerprint density at radius 1 is 1.25 bits per heavy atom. The number of ether oxygens (including phenoxy) is 3. The SMILES string of the molecule is CCOC1(OCC(F)F)NC=C(Cc2cnc(C(=O)OC)c(F)c2)C=C1c1ccncc1. The summed E-state index contributed by atoms with van der Waals surface area (Å²) >= 11 is 0. The first-order chi connectivity index (χ1) is 15.4. The molecule has 170 valence electrons. The Balaban J connectivity index is 1.94. The summed E-state index contributed by atoms with van der Waals surface area (Å²) in [5.74, 6) is -3.31. The molecule has 0 saturated heterocycles. The third kappa shape index (κ3) is 5.32. The highest BCUT2D eigenvalue weighted by Crippen LogP contribution is 2.35. The molecule has 1 aliphatic rings. The standard InChI is InChI=1S/C22H22F3N3O4/c1-3-31-22(32-13-19(24)25)17(16-4-6-26-7-5-16)9-14(12-28-22)8-15-10-18(23)20(27-11-15)21(29)30-2/h4-7,9-12,19,28H,3,8,13H2,1-2H3. The number of carbonyl (C=O) groups is 1. The van der Waals surface area contributed by atoms with Crippen LogP contribution in [0.15, 0.2) is 54.6 Å². The fourth-order valence-corrected chi connectivity index (χ4v) is 3.22. The summed E-state index contributed by atoms with van der Waals surface area (Å²) in [4.78, 5) is 19.4. The van der Waals surface area contributed by atoms with Gasteiger partial charge in [-0.1, -0.05) is 0 Å². The number of carbonyl (C=O) groups excluding carboxylic acids is 1. The van der Waals surface area contributed by atoms with Crippen LogP contribution in [0.25, 0.3) is 5.57 Å². The predicted molar refractivity (Wildman–Crippen MR) is 109 cm³/mol. The lowest BCUT2D eigenvalue weighted by Crippen LogP contribution is -2.51. The zero-order valence-corrected chi connectivity index (χ0v) is 17.5. The van der Waals surface area contributed by atoms with Crippen molar-refractivity contribution in [2.24, 2.45) is 0 Å². The van der Waals surface area contributed by atoms with E-state index in [4.69, 9.17) is 9.47 Å². The van der Waals surface area contributed by atoms with Crippen molar-refractivity contribution >= 4 is 11.5 Å². The topological polar surface area (TPSA) is 82.6 Å². The molecule has 2 aromatic heterocycles. The number of dihydropyridines is 1. The van der Waals surface area contributed by atoms with Gasteiger partial charge in [0.05, 0.1) is 7.11 Å². The Bertz CT molecular complexity index is 1010. The minimum atomic E-state index is -2.69. The summed E-state index contributed by atoms with van der Waals surface area (Å²) in [6.45, 7) is 1.06. The molecule has 0 amide bonds. The van der Waals surface area contributed by atoms with E-state index in [0.717, 1.165) is 7.11 Å². The summed E-state index contributed by atoms with van der Waals surface area (Å²) in [5, 5.41) is 2.94. The van der Waals surface area contributed by atoms with Crippen molar-refractivity contribution in [1.82, 2.24) is 15.3 Å². The molecule has 0 aliphatic carbocycles. The van der Waals surface area contributed by atoms with Crippen LogP contribution in [0.5, 0.6) is 0 Å². The van der Waals surface area contributed by atoms with Gasteiger partial charge < -0.3 is 19.5 Å². The summed E-state index contributed by atoms with van der Waals surface area (Å²) in [7, 11) is 1.14. The second kappa shape index (κ2) is 10.4. The first kappa shape index (κ1) is 23.4. The van der Waals surface area contributed by atoms with Crippen molar-refractivity contribution in [2.75, 3.05) is 20.3 Å². The first-order valence-corrected chi connectivity index (χ1v) is 9.76. The summed E-state index contributed by atoms with van der Waals surface area (Å²) in [6.07, 6.45) is 5.31. The number of hydrogen-bond donors (Lipinski definition) is 1. The van der Waals surface area contributed by atoms with Crippen LogP contribution in [0.1, 0.15) is 28.5 Å². The molecule has 1 unspecified atom stereocenters. The van der Waals surface area contributed by atoms with Gasteiger partial charge in [0.2, 0.25) is 0 Å². The molecule has 3 rings (SSSR count). The van der Waals surface area contributed by atoms with Crippen molar-refractivity contribution in [3.05, 3.63) is 77.3 Å². The Morgan fingerprint density at radius 2 is 2.00 bits per heavy atom. The Kier molecular flexibility index (Phi) is 7.60.